The van der Waals surface area contributed by atoms with Gasteiger partial charge in [0, 0.05) is 6.54 Å². The Bertz CT molecular complexity index is 739. The van der Waals surface area contributed by atoms with Crippen LogP contribution in [0.25, 0.3) is 0 Å². The monoisotopic (exact) mass is 343 g/mol. The van der Waals surface area contributed by atoms with Crippen LogP contribution in [0.1, 0.15) is 30.0 Å². The zero-order valence-corrected chi connectivity index (χ0v) is 14.2. The van der Waals surface area contributed by atoms with E-state index in [2.05, 4.69) is 16.0 Å². The van der Waals surface area contributed by atoms with Crippen molar-refractivity contribution in [2.75, 3.05) is 11.9 Å². The molecule has 1 aromatic carbocycles. The van der Waals surface area contributed by atoms with E-state index in [1.165, 1.54) is 6.26 Å². The third kappa shape index (κ3) is 5.49. The number of carbonyl (C=O) groups is 3. The second-order valence-electron chi connectivity index (χ2n) is 5.87. The number of benzene rings is 1. The average Bonchev–Trinajstić information content (AvgIpc) is 3.11. The lowest BCUT2D eigenvalue weighted by Crippen LogP contribution is -2.37. The van der Waals surface area contributed by atoms with E-state index < -0.39 is 11.8 Å². The number of furan rings is 1. The standard InChI is InChI=1S/C18H21N3O4/c1-12(2)10-19-17(23)18(24)21-15-8-4-3-7-14(15)16(22)20-11-13-6-5-9-25-13/h3-9,12H,10-11H2,1-2H3,(H,19,23)(H,20,22)(H,21,24). The summed E-state index contributed by atoms with van der Waals surface area (Å²) in [6.07, 6.45) is 1.52. The van der Waals surface area contributed by atoms with E-state index in [0.29, 0.717) is 12.3 Å². The summed E-state index contributed by atoms with van der Waals surface area (Å²) in [5.74, 6) is -1.08. The van der Waals surface area contributed by atoms with Crippen LogP contribution in [0.2, 0.25) is 0 Å². The predicted molar refractivity (Wildman–Crippen MR) is 92.8 cm³/mol. The summed E-state index contributed by atoms with van der Waals surface area (Å²) >= 11 is 0. The molecule has 1 aromatic heterocycles. The van der Waals surface area contributed by atoms with Crippen LogP contribution in [0.4, 0.5) is 5.69 Å². The molecule has 3 N–H and O–H groups in total. The van der Waals surface area contributed by atoms with Crippen molar-refractivity contribution in [1.82, 2.24) is 10.6 Å². The van der Waals surface area contributed by atoms with Crippen molar-refractivity contribution >= 4 is 23.4 Å². The quantitative estimate of drug-likeness (QED) is 0.698. The van der Waals surface area contributed by atoms with Crippen LogP contribution >= 0.6 is 0 Å². The first-order valence-electron chi connectivity index (χ1n) is 7.96. The van der Waals surface area contributed by atoms with Gasteiger partial charge in [0.1, 0.15) is 5.76 Å². The maximum atomic E-state index is 12.3. The van der Waals surface area contributed by atoms with Gasteiger partial charge in [-0.15, -0.1) is 0 Å². The van der Waals surface area contributed by atoms with Gasteiger partial charge >= 0.3 is 11.8 Å². The molecular weight excluding hydrogens is 322 g/mol. The summed E-state index contributed by atoms with van der Waals surface area (Å²) in [5, 5.41) is 7.70. The number of anilines is 1. The van der Waals surface area contributed by atoms with Crippen LogP contribution in [-0.4, -0.2) is 24.3 Å². The zero-order valence-electron chi connectivity index (χ0n) is 14.2. The van der Waals surface area contributed by atoms with E-state index in [0.717, 1.165) is 0 Å². The molecule has 0 aliphatic rings. The van der Waals surface area contributed by atoms with Crippen LogP contribution in [0, 0.1) is 5.92 Å². The van der Waals surface area contributed by atoms with Crippen LogP contribution in [-0.2, 0) is 16.1 Å². The van der Waals surface area contributed by atoms with Crippen molar-refractivity contribution in [3.8, 4) is 0 Å². The molecule has 2 rings (SSSR count). The van der Waals surface area contributed by atoms with Crippen LogP contribution in [0.5, 0.6) is 0 Å². The van der Waals surface area contributed by atoms with Gasteiger partial charge in [-0.25, -0.2) is 0 Å². The Morgan fingerprint density at radius 2 is 1.76 bits per heavy atom. The van der Waals surface area contributed by atoms with Gasteiger partial charge in [0.2, 0.25) is 0 Å². The normalized spacial score (nSPS) is 10.4. The number of hydrogen-bond donors (Lipinski definition) is 3. The number of amides is 3. The molecule has 0 saturated carbocycles. The highest BCUT2D eigenvalue weighted by molar-refractivity contribution is 6.40. The number of carbonyl (C=O) groups excluding carboxylic acids is 3. The van der Waals surface area contributed by atoms with Gasteiger partial charge < -0.3 is 20.4 Å². The first-order chi connectivity index (χ1) is 12.0. The van der Waals surface area contributed by atoms with Crippen LogP contribution < -0.4 is 16.0 Å². The van der Waals surface area contributed by atoms with Crippen molar-refractivity contribution in [3.05, 3.63) is 54.0 Å². The van der Waals surface area contributed by atoms with Gasteiger partial charge in [-0.1, -0.05) is 26.0 Å². The molecular formula is C18H21N3O4. The SMILES string of the molecule is CC(C)CNC(=O)C(=O)Nc1ccccc1C(=O)NCc1ccco1. The van der Waals surface area contributed by atoms with E-state index >= 15 is 0 Å². The number of nitrogens with one attached hydrogen (secondary N) is 3. The van der Waals surface area contributed by atoms with E-state index in [-0.39, 0.29) is 29.6 Å². The minimum Gasteiger partial charge on any atom is -0.467 e. The van der Waals surface area contributed by atoms with E-state index in [1.54, 1.807) is 36.4 Å². The number of rotatable bonds is 6. The first-order valence-corrected chi connectivity index (χ1v) is 7.96. The van der Waals surface area contributed by atoms with Crippen molar-refractivity contribution in [2.45, 2.75) is 20.4 Å². The lowest BCUT2D eigenvalue weighted by molar-refractivity contribution is -0.136. The molecule has 1 heterocycles. The zero-order chi connectivity index (χ0) is 18.2. The Morgan fingerprint density at radius 1 is 1.00 bits per heavy atom. The molecule has 0 aliphatic heterocycles. The molecule has 0 aliphatic carbocycles. The first kappa shape index (κ1) is 18.3. The highest BCUT2D eigenvalue weighted by Gasteiger charge is 2.17. The minimum absolute atomic E-state index is 0.225. The number of para-hydroxylation sites is 1. The average molecular weight is 343 g/mol. The summed E-state index contributed by atoms with van der Waals surface area (Å²) < 4.78 is 5.15. The molecule has 7 heteroatoms. The summed E-state index contributed by atoms with van der Waals surface area (Å²) in [4.78, 5) is 36.1. The molecule has 3 amide bonds. The van der Waals surface area contributed by atoms with Gasteiger partial charge in [-0.3, -0.25) is 14.4 Å². The van der Waals surface area contributed by atoms with Gasteiger partial charge in [0.15, 0.2) is 0 Å². The van der Waals surface area contributed by atoms with Crippen LogP contribution in [0.15, 0.2) is 47.1 Å². The Morgan fingerprint density at radius 3 is 2.44 bits per heavy atom. The van der Waals surface area contributed by atoms with Crippen molar-refractivity contribution in [3.63, 3.8) is 0 Å². The molecule has 132 valence electrons. The molecule has 0 bridgehead atoms. The van der Waals surface area contributed by atoms with E-state index in [1.807, 2.05) is 13.8 Å². The minimum atomic E-state index is -0.813. The fraction of sp³-hybridized carbons (Fsp3) is 0.278. The lowest BCUT2D eigenvalue weighted by Gasteiger charge is -2.11. The van der Waals surface area contributed by atoms with Crippen molar-refractivity contribution in [2.24, 2.45) is 5.92 Å². The molecule has 0 radical (unpaired) electrons. The molecule has 0 fully saturated rings. The Balaban J connectivity index is 2.00. The summed E-state index contributed by atoms with van der Waals surface area (Å²) in [5.41, 5.74) is 0.531. The summed E-state index contributed by atoms with van der Waals surface area (Å²) in [6.45, 7) is 4.48. The molecule has 0 spiro atoms. The highest BCUT2D eigenvalue weighted by atomic mass is 16.3. The molecule has 7 nitrogen and oxygen atoms in total. The molecule has 0 atom stereocenters. The Hall–Kier alpha value is -3.09. The third-order valence-corrected chi connectivity index (χ3v) is 3.30. The molecule has 25 heavy (non-hydrogen) atoms. The van der Waals surface area contributed by atoms with Crippen molar-refractivity contribution < 1.29 is 18.8 Å². The smallest absolute Gasteiger partial charge is 0.313 e. The molecule has 0 unspecified atom stereocenters. The number of hydrogen-bond acceptors (Lipinski definition) is 4. The Kier molecular flexibility index (Phi) is 6.33. The van der Waals surface area contributed by atoms with Crippen LogP contribution in [0.3, 0.4) is 0 Å². The summed E-state index contributed by atoms with van der Waals surface area (Å²) in [7, 11) is 0. The Labute approximate surface area is 145 Å². The third-order valence-electron chi connectivity index (χ3n) is 3.30. The van der Waals surface area contributed by atoms with Gasteiger partial charge in [-0.2, -0.15) is 0 Å². The summed E-state index contributed by atoms with van der Waals surface area (Å²) in [6, 6.07) is 9.95. The largest absolute Gasteiger partial charge is 0.467 e. The predicted octanol–water partition coefficient (Wildman–Crippen LogP) is 1.92. The lowest BCUT2D eigenvalue weighted by atomic mass is 10.1. The van der Waals surface area contributed by atoms with Gasteiger partial charge in [-0.05, 0) is 30.2 Å². The second-order valence-corrected chi connectivity index (χ2v) is 5.87. The maximum Gasteiger partial charge on any atom is 0.313 e. The fourth-order valence-corrected chi connectivity index (χ4v) is 2.02. The highest BCUT2D eigenvalue weighted by Crippen LogP contribution is 2.15. The van der Waals surface area contributed by atoms with E-state index in [4.69, 9.17) is 4.42 Å². The maximum absolute atomic E-state index is 12.3. The van der Waals surface area contributed by atoms with Gasteiger partial charge in [0.25, 0.3) is 5.91 Å². The van der Waals surface area contributed by atoms with Gasteiger partial charge in [0.05, 0.1) is 24.1 Å². The second kappa shape index (κ2) is 8.68. The molecule has 2 aromatic rings. The topological polar surface area (TPSA) is 100 Å². The fourth-order valence-electron chi connectivity index (χ4n) is 2.02. The van der Waals surface area contributed by atoms with E-state index in [9.17, 15) is 14.4 Å². The van der Waals surface area contributed by atoms with Crippen molar-refractivity contribution in [1.29, 1.82) is 0 Å². The molecule has 0 saturated heterocycles.